The van der Waals surface area contributed by atoms with Crippen LogP contribution >= 0.6 is 0 Å². The molecular weight excluding hydrogens is 544 g/mol. The normalized spacial score (nSPS) is 11.6. The maximum absolute atomic E-state index is 4.81. The first-order valence-corrected chi connectivity index (χ1v) is 15.4. The summed E-state index contributed by atoms with van der Waals surface area (Å²) in [6.45, 7) is 0. The van der Waals surface area contributed by atoms with E-state index in [0.29, 0.717) is 0 Å². The Kier molecular flexibility index (Phi) is 5.85. The molecule has 210 valence electrons. The maximum atomic E-state index is 4.81. The summed E-state index contributed by atoms with van der Waals surface area (Å²) in [7, 11) is 0. The predicted molar refractivity (Wildman–Crippen MR) is 189 cm³/mol. The number of nitrogens with zero attached hydrogens (tertiary/aromatic N) is 2. The summed E-state index contributed by atoms with van der Waals surface area (Å²) in [4.78, 5) is 7.09. The van der Waals surface area contributed by atoms with Gasteiger partial charge < -0.3 is 0 Å². The second kappa shape index (κ2) is 10.3. The minimum Gasteiger partial charge on any atom is -0.294 e. The van der Waals surface area contributed by atoms with Gasteiger partial charge in [-0.3, -0.25) is 4.90 Å². The van der Waals surface area contributed by atoms with Crippen LogP contribution in [0, 0.1) is 0 Å². The van der Waals surface area contributed by atoms with E-state index < -0.39 is 0 Å². The van der Waals surface area contributed by atoms with Crippen molar-refractivity contribution >= 4 is 38.7 Å². The molecule has 1 aromatic heterocycles. The Labute approximate surface area is 262 Å². The number of pyridine rings is 1. The number of hydrogen-bond donors (Lipinski definition) is 0. The quantitative estimate of drug-likeness (QED) is 0.204. The Balaban J connectivity index is 1.43. The van der Waals surface area contributed by atoms with Crippen molar-refractivity contribution < 1.29 is 0 Å². The summed E-state index contributed by atoms with van der Waals surface area (Å²) in [5.41, 5.74) is 12.4. The number of aromatic nitrogens is 1. The van der Waals surface area contributed by atoms with Crippen LogP contribution in [0.4, 0.5) is 17.2 Å². The topological polar surface area (TPSA) is 16.1 Å². The zero-order valence-corrected chi connectivity index (χ0v) is 24.6. The molecule has 45 heavy (non-hydrogen) atoms. The van der Waals surface area contributed by atoms with Crippen molar-refractivity contribution in [3.63, 3.8) is 0 Å². The number of fused-ring (bicyclic) bond motifs is 4. The molecule has 0 saturated carbocycles. The van der Waals surface area contributed by atoms with E-state index in [1.54, 1.807) is 0 Å². The van der Waals surface area contributed by atoms with Crippen molar-refractivity contribution in [1.29, 1.82) is 0 Å². The first-order chi connectivity index (χ1) is 22.4. The van der Waals surface area contributed by atoms with Crippen LogP contribution in [-0.4, -0.2) is 4.98 Å². The molecule has 0 amide bonds. The van der Waals surface area contributed by atoms with E-state index in [0.717, 1.165) is 17.2 Å². The van der Waals surface area contributed by atoms with E-state index in [2.05, 4.69) is 163 Å². The average Bonchev–Trinajstić information content (AvgIpc) is 3.45. The molecule has 0 aliphatic heterocycles. The maximum Gasteiger partial charge on any atom is 0.137 e. The molecule has 1 aliphatic rings. The second-order valence-corrected chi connectivity index (χ2v) is 11.5. The zero-order valence-electron chi connectivity index (χ0n) is 24.6. The van der Waals surface area contributed by atoms with Crippen LogP contribution in [0.2, 0.25) is 0 Å². The first kappa shape index (κ1) is 25.5. The lowest BCUT2D eigenvalue weighted by molar-refractivity contribution is 1.19. The summed E-state index contributed by atoms with van der Waals surface area (Å²) in [6.07, 6.45) is 1.87. The van der Waals surface area contributed by atoms with E-state index in [4.69, 9.17) is 4.98 Å². The van der Waals surface area contributed by atoms with Gasteiger partial charge in [-0.05, 0) is 91.0 Å². The average molecular weight is 573 g/mol. The number of anilines is 3. The van der Waals surface area contributed by atoms with Gasteiger partial charge in [0, 0.05) is 17.3 Å². The molecule has 1 aliphatic carbocycles. The third kappa shape index (κ3) is 3.93. The van der Waals surface area contributed by atoms with Crippen LogP contribution in [0.1, 0.15) is 0 Å². The van der Waals surface area contributed by atoms with Gasteiger partial charge in [-0.15, -0.1) is 0 Å². The molecule has 7 aromatic carbocycles. The van der Waals surface area contributed by atoms with Gasteiger partial charge in [0.1, 0.15) is 5.82 Å². The van der Waals surface area contributed by atoms with Crippen LogP contribution in [-0.2, 0) is 0 Å². The van der Waals surface area contributed by atoms with E-state index in [9.17, 15) is 0 Å². The van der Waals surface area contributed by atoms with Crippen molar-refractivity contribution in [3.8, 4) is 44.5 Å². The highest BCUT2D eigenvalue weighted by atomic mass is 15.2. The van der Waals surface area contributed by atoms with Crippen molar-refractivity contribution in [2.45, 2.75) is 0 Å². The van der Waals surface area contributed by atoms with Gasteiger partial charge in [-0.1, -0.05) is 133 Å². The molecule has 0 unspecified atom stereocenters. The molecule has 2 heteroatoms. The van der Waals surface area contributed by atoms with Gasteiger partial charge >= 0.3 is 0 Å². The van der Waals surface area contributed by atoms with Crippen molar-refractivity contribution in [2.75, 3.05) is 4.90 Å². The summed E-state index contributed by atoms with van der Waals surface area (Å²) >= 11 is 0. The lowest BCUT2D eigenvalue weighted by Gasteiger charge is -2.26. The highest BCUT2D eigenvalue weighted by molar-refractivity contribution is 6.28. The third-order valence-corrected chi connectivity index (χ3v) is 9.03. The van der Waals surface area contributed by atoms with E-state index in [-0.39, 0.29) is 0 Å². The number of hydrogen-bond acceptors (Lipinski definition) is 2. The fourth-order valence-electron chi connectivity index (χ4n) is 7.25. The largest absolute Gasteiger partial charge is 0.294 e. The molecule has 1 heterocycles. The fraction of sp³-hybridized carbons (Fsp3) is 0. The molecule has 0 N–H and O–H groups in total. The Morgan fingerprint density at radius 2 is 0.911 bits per heavy atom. The minimum absolute atomic E-state index is 0.889. The molecule has 2 nitrogen and oxygen atoms in total. The van der Waals surface area contributed by atoms with Crippen LogP contribution in [0.5, 0.6) is 0 Å². The van der Waals surface area contributed by atoms with Gasteiger partial charge in [0.25, 0.3) is 0 Å². The summed E-state index contributed by atoms with van der Waals surface area (Å²) in [5, 5.41) is 5.03. The Morgan fingerprint density at radius 1 is 0.378 bits per heavy atom. The van der Waals surface area contributed by atoms with Crippen molar-refractivity contribution in [1.82, 2.24) is 4.98 Å². The molecule has 0 saturated heterocycles. The first-order valence-electron chi connectivity index (χ1n) is 15.4. The number of para-hydroxylation sites is 1. The lowest BCUT2D eigenvalue weighted by Crippen LogP contribution is -2.11. The number of benzene rings is 7. The van der Waals surface area contributed by atoms with Crippen molar-refractivity contribution in [2.24, 2.45) is 0 Å². The van der Waals surface area contributed by atoms with Crippen LogP contribution < -0.4 is 4.90 Å². The molecule has 0 atom stereocenters. The number of rotatable bonds is 5. The highest BCUT2D eigenvalue weighted by Gasteiger charge is 2.31. The van der Waals surface area contributed by atoms with Gasteiger partial charge in [-0.2, -0.15) is 0 Å². The summed E-state index contributed by atoms with van der Waals surface area (Å²) in [5.74, 6) is 0.889. The third-order valence-electron chi connectivity index (χ3n) is 9.03. The monoisotopic (exact) mass is 572 g/mol. The van der Waals surface area contributed by atoms with E-state index in [1.807, 2.05) is 12.3 Å². The van der Waals surface area contributed by atoms with Crippen molar-refractivity contribution in [3.05, 3.63) is 170 Å². The Hall–Kier alpha value is -5.99. The summed E-state index contributed by atoms with van der Waals surface area (Å²) < 4.78 is 0. The molecule has 0 fully saturated rings. The highest BCUT2D eigenvalue weighted by Crippen LogP contribution is 2.58. The Morgan fingerprint density at radius 3 is 1.51 bits per heavy atom. The standard InChI is InChI=1S/C43H28N2/c1-4-15-29(16-5-1)39-32-21-10-11-22-33(32)40(30-17-6-2-7-18-30)43-36-26-27-37(34-23-14-24-35(41(34)36)42(39)43)45(31-19-8-3-9-20-31)38-25-12-13-28-44-38/h1-28H. The van der Waals surface area contributed by atoms with Crippen LogP contribution in [0.25, 0.3) is 66.1 Å². The van der Waals surface area contributed by atoms with Crippen LogP contribution in [0.15, 0.2) is 170 Å². The molecule has 8 aromatic rings. The van der Waals surface area contributed by atoms with E-state index in [1.165, 1.54) is 66.1 Å². The zero-order chi connectivity index (χ0) is 29.7. The second-order valence-electron chi connectivity index (χ2n) is 11.5. The predicted octanol–water partition coefficient (Wildman–Crippen LogP) is 11.8. The minimum atomic E-state index is 0.889. The lowest BCUT2D eigenvalue weighted by atomic mass is 9.82. The Bertz CT molecular complexity index is 2210. The SMILES string of the molecule is c1ccc(-c2c3c(c(-c4ccccc4)c4ccccc24)-c2ccc(N(c4ccccc4)c4ccccn4)c4cccc-3c24)cc1. The fourth-order valence-corrected chi connectivity index (χ4v) is 7.25. The van der Waals surface area contributed by atoms with Crippen LogP contribution in [0.3, 0.4) is 0 Å². The van der Waals surface area contributed by atoms with Gasteiger partial charge in [0.05, 0.1) is 5.69 Å². The summed E-state index contributed by atoms with van der Waals surface area (Å²) in [6, 6.07) is 58.7. The molecule has 9 rings (SSSR count). The van der Waals surface area contributed by atoms with Gasteiger partial charge in [0.15, 0.2) is 0 Å². The van der Waals surface area contributed by atoms with E-state index >= 15 is 0 Å². The molecule has 0 bridgehead atoms. The van der Waals surface area contributed by atoms with Gasteiger partial charge in [-0.25, -0.2) is 4.98 Å². The molecule has 0 spiro atoms. The smallest absolute Gasteiger partial charge is 0.137 e. The van der Waals surface area contributed by atoms with Gasteiger partial charge in [0.2, 0.25) is 0 Å². The molecule has 0 radical (unpaired) electrons. The molecular formula is C43H28N2.